The first kappa shape index (κ1) is 22.4. The van der Waals surface area contributed by atoms with E-state index in [1.165, 1.54) is 6.07 Å². The van der Waals surface area contributed by atoms with Crippen LogP contribution in [0.4, 0.5) is 13.2 Å². The third-order valence-corrected chi connectivity index (χ3v) is 6.31. The van der Waals surface area contributed by atoms with Gasteiger partial charge in [-0.2, -0.15) is 13.2 Å². The number of allylic oxidation sites excluding steroid dienone is 2. The Morgan fingerprint density at radius 3 is 2.62 bits per heavy atom. The van der Waals surface area contributed by atoms with E-state index in [0.29, 0.717) is 32.0 Å². The molecule has 0 N–H and O–H groups in total. The average molecular weight is 464 g/mol. The zero-order chi connectivity index (χ0) is 22.9. The molecule has 1 heterocycles. The Kier molecular flexibility index (Phi) is 6.29. The maximum atomic E-state index is 13.3. The van der Waals surface area contributed by atoms with E-state index in [4.69, 9.17) is 16.3 Å². The lowest BCUT2D eigenvalue weighted by Gasteiger charge is -2.41. The van der Waals surface area contributed by atoms with Gasteiger partial charge in [0, 0.05) is 13.1 Å². The fraction of sp³-hybridized carbons (Fsp3) is 0.333. The van der Waals surface area contributed by atoms with E-state index in [9.17, 15) is 22.8 Å². The van der Waals surface area contributed by atoms with E-state index < -0.39 is 34.6 Å². The fourth-order valence-electron chi connectivity index (χ4n) is 4.40. The highest BCUT2D eigenvalue weighted by molar-refractivity contribution is 6.31. The van der Waals surface area contributed by atoms with Gasteiger partial charge in [0.2, 0.25) is 5.91 Å². The Morgan fingerprint density at radius 2 is 1.91 bits per heavy atom. The predicted molar refractivity (Wildman–Crippen MR) is 113 cm³/mol. The summed E-state index contributed by atoms with van der Waals surface area (Å²) >= 11 is 5.64. The summed E-state index contributed by atoms with van der Waals surface area (Å²) in [5.74, 6) is -2.56. The van der Waals surface area contributed by atoms with E-state index in [1.807, 2.05) is 42.5 Å². The minimum absolute atomic E-state index is 0.100. The number of benzene rings is 2. The molecule has 1 fully saturated rings. The second-order valence-electron chi connectivity index (χ2n) is 8.05. The van der Waals surface area contributed by atoms with Crippen LogP contribution in [0.3, 0.4) is 0 Å². The number of piperidine rings is 1. The summed E-state index contributed by atoms with van der Waals surface area (Å²) in [7, 11) is 0. The van der Waals surface area contributed by atoms with Crippen molar-refractivity contribution >= 4 is 23.5 Å². The minimum Gasteiger partial charge on any atom is -0.426 e. The van der Waals surface area contributed by atoms with Gasteiger partial charge < -0.3 is 9.64 Å². The lowest BCUT2D eigenvalue weighted by atomic mass is 9.71. The minimum atomic E-state index is -4.67. The molecule has 0 aromatic heterocycles. The molecule has 2 unspecified atom stereocenters. The quantitative estimate of drug-likeness (QED) is 0.341. The SMILES string of the molecule is O=C(Oc1ccc(Cl)c(C(F)(F)F)c1)[C@H]1CC=CC2CCN(Cc3ccccc3)C(=O)C21. The van der Waals surface area contributed by atoms with E-state index >= 15 is 0 Å². The van der Waals surface area contributed by atoms with Crippen LogP contribution in [0, 0.1) is 17.8 Å². The zero-order valence-electron chi connectivity index (χ0n) is 17.0. The van der Waals surface area contributed by atoms with E-state index in [-0.39, 0.29) is 17.6 Å². The number of ether oxygens (including phenoxy) is 1. The standard InChI is InChI=1S/C24H21ClF3NO3/c25-20-10-9-17(13-19(20)24(26,27)28)32-23(31)18-8-4-7-16-11-12-29(22(30)21(16)18)14-15-5-2-1-3-6-15/h1-7,9-10,13,16,18,21H,8,11-12,14H2/t16?,18-,21?/m0/s1. The van der Waals surface area contributed by atoms with Gasteiger partial charge in [0.15, 0.2) is 0 Å². The Hall–Kier alpha value is -2.80. The lowest BCUT2D eigenvalue weighted by Crippen LogP contribution is -2.50. The smallest absolute Gasteiger partial charge is 0.417 e. The molecular weight excluding hydrogens is 443 g/mol. The second-order valence-corrected chi connectivity index (χ2v) is 8.46. The van der Waals surface area contributed by atoms with Crippen molar-refractivity contribution in [2.75, 3.05) is 6.54 Å². The summed E-state index contributed by atoms with van der Waals surface area (Å²) in [6, 6.07) is 12.5. The molecule has 8 heteroatoms. The van der Waals surface area contributed by atoms with Crippen molar-refractivity contribution in [3.8, 4) is 5.75 Å². The number of nitrogens with zero attached hydrogens (tertiary/aromatic N) is 1. The van der Waals surface area contributed by atoms with Crippen LogP contribution in [-0.2, 0) is 22.3 Å². The highest BCUT2D eigenvalue weighted by Crippen LogP contribution is 2.40. The topological polar surface area (TPSA) is 46.6 Å². The molecule has 2 aromatic rings. The molecule has 0 spiro atoms. The summed E-state index contributed by atoms with van der Waals surface area (Å²) in [6.45, 7) is 1.02. The largest absolute Gasteiger partial charge is 0.426 e. The van der Waals surface area contributed by atoms with Crippen molar-refractivity contribution in [3.05, 3.63) is 76.8 Å². The van der Waals surface area contributed by atoms with Crippen LogP contribution in [0.2, 0.25) is 5.02 Å². The molecule has 2 aromatic carbocycles. The highest BCUT2D eigenvalue weighted by atomic mass is 35.5. The van der Waals surface area contributed by atoms with Gasteiger partial charge >= 0.3 is 12.1 Å². The molecule has 0 radical (unpaired) electrons. The summed E-state index contributed by atoms with van der Waals surface area (Å²) in [6.07, 6.45) is 0.134. The Labute approximate surface area is 188 Å². The van der Waals surface area contributed by atoms with Gasteiger partial charge in [-0.1, -0.05) is 54.1 Å². The van der Waals surface area contributed by atoms with Crippen LogP contribution in [-0.4, -0.2) is 23.3 Å². The van der Waals surface area contributed by atoms with Crippen LogP contribution in [0.1, 0.15) is 24.0 Å². The van der Waals surface area contributed by atoms with Crippen molar-refractivity contribution in [1.82, 2.24) is 4.90 Å². The van der Waals surface area contributed by atoms with Crippen molar-refractivity contribution in [3.63, 3.8) is 0 Å². The highest BCUT2D eigenvalue weighted by Gasteiger charge is 2.45. The third-order valence-electron chi connectivity index (χ3n) is 5.98. The van der Waals surface area contributed by atoms with Gasteiger partial charge in [0.25, 0.3) is 0 Å². The van der Waals surface area contributed by atoms with Gasteiger partial charge in [-0.3, -0.25) is 9.59 Å². The maximum Gasteiger partial charge on any atom is 0.417 e. The number of carbonyl (C=O) groups is 2. The summed E-state index contributed by atoms with van der Waals surface area (Å²) in [4.78, 5) is 28.0. The van der Waals surface area contributed by atoms with Crippen molar-refractivity contribution in [2.45, 2.75) is 25.6 Å². The number of fused-ring (bicyclic) bond motifs is 1. The number of hydrogen-bond acceptors (Lipinski definition) is 3. The van der Waals surface area contributed by atoms with Crippen molar-refractivity contribution < 1.29 is 27.5 Å². The molecule has 4 nitrogen and oxygen atoms in total. The molecular formula is C24H21ClF3NO3. The second kappa shape index (κ2) is 8.98. The number of rotatable bonds is 4. The molecule has 0 saturated carbocycles. The third kappa shape index (κ3) is 4.67. The maximum absolute atomic E-state index is 13.3. The number of likely N-dealkylation sites (tertiary alicyclic amines) is 1. The van der Waals surface area contributed by atoms with Gasteiger partial charge in [-0.15, -0.1) is 0 Å². The Bertz CT molecular complexity index is 1040. The molecule has 3 atom stereocenters. The number of alkyl halides is 3. The first-order valence-electron chi connectivity index (χ1n) is 10.3. The molecule has 1 saturated heterocycles. The summed E-state index contributed by atoms with van der Waals surface area (Å²) in [5, 5.41) is -0.475. The number of hydrogen-bond donors (Lipinski definition) is 0. The van der Waals surface area contributed by atoms with Crippen molar-refractivity contribution in [2.24, 2.45) is 17.8 Å². The predicted octanol–water partition coefficient (Wildman–Crippen LogP) is 5.51. The molecule has 4 rings (SSSR count). The zero-order valence-corrected chi connectivity index (χ0v) is 17.8. The first-order valence-corrected chi connectivity index (χ1v) is 10.7. The van der Waals surface area contributed by atoms with Crippen molar-refractivity contribution in [1.29, 1.82) is 0 Å². The average Bonchev–Trinajstić information content (AvgIpc) is 2.76. The van der Waals surface area contributed by atoms with Gasteiger partial charge in [-0.05, 0) is 42.5 Å². The van der Waals surface area contributed by atoms with Crippen LogP contribution in [0.15, 0.2) is 60.7 Å². The normalized spacial score (nSPS) is 23.1. The molecule has 168 valence electrons. The van der Waals surface area contributed by atoms with Gasteiger partial charge in [0.1, 0.15) is 5.75 Å². The molecule has 1 aliphatic carbocycles. The molecule has 0 bridgehead atoms. The summed E-state index contributed by atoms with van der Waals surface area (Å²) < 4.78 is 44.7. The van der Waals surface area contributed by atoms with E-state index in [0.717, 1.165) is 11.6 Å². The molecule has 1 aliphatic heterocycles. The fourth-order valence-corrected chi connectivity index (χ4v) is 4.63. The number of halogens is 4. The monoisotopic (exact) mass is 463 g/mol. The van der Waals surface area contributed by atoms with Crippen LogP contribution >= 0.6 is 11.6 Å². The molecule has 1 amide bonds. The van der Waals surface area contributed by atoms with E-state index in [2.05, 4.69) is 0 Å². The Morgan fingerprint density at radius 1 is 1.16 bits per heavy atom. The molecule has 2 aliphatic rings. The lowest BCUT2D eigenvalue weighted by molar-refractivity contribution is -0.153. The number of esters is 1. The Balaban J connectivity index is 1.52. The van der Waals surface area contributed by atoms with E-state index in [1.54, 1.807) is 4.90 Å². The van der Waals surface area contributed by atoms with Crippen LogP contribution in [0.25, 0.3) is 0 Å². The van der Waals surface area contributed by atoms with Crippen LogP contribution < -0.4 is 4.74 Å². The molecule has 32 heavy (non-hydrogen) atoms. The van der Waals surface area contributed by atoms with Gasteiger partial charge in [-0.25, -0.2) is 0 Å². The number of amides is 1. The number of carbonyl (C=O) groups excluding carboxylic acids is 2. The summed E-state index contributed by atoms with van der Waals surface area (Å²) in [5.41, 5.74) is -0.0840. The first-order chi connectivity index (χ1) is 15.2. The van der Waals surface area contributed by atoms with Crippen LogP contribution in [0.5, 0.6) is 5.75 Å². The van der Waals surface area contributed by atoms with Gasteiger partial charge in [0.05, 0.1) is 22.4 Å².